The predicted molar refractivity (Wildman–Crippen MR) is 59.9 cm³/mol. The van der Waals surface area contributed by atoms with Gasteiger partial charge in [-0.1, -0.05) is 25.5 Å². The molecule has 0 aliphatic carbocycles. The molecule has 5 heteroatoms. The number of hydrogen-bond donors (Lipinski definition) is 1. The van der Waals surface area contributed by atoms with Crippen molar-refractivity contribution in [2.75, 3.05) is 11.9 Å². The highest BCUT2D eigenvalue weighted by molar-refractivity contribution is 5.44. The van der Waals surface area contributed by atoms with Crippen LogP contribution in [0, 0.1) is 0 Å². The van der Waals surface area contributed by atoms with E-state index < -0.39 is 18.9 Å². The van der Waals surface area contributed by atoms with Gasteiger partial charge in [-0.05, 0) is 24.1 Å². The summed E-state index contributed by atoms with van der Waals surface area (Å²) in [5.41, 5.74) is 1.52. The fraction of sp³-hybridized carbons (Fsp3) is 0.500. The number of benzene rings is 1. The van der Waals surface area contributed by atoms with E-state index in [4.69, 9.17) is 0 Å². The van der Waals surface area contributed by atoms with E-state index in [1.165, 1.54) is 0 Å². The van der Waals surface area contributed by atoms with E-state index in [0.717, 1.165) is 18.4 Å². The zero-order chi connectivity index (χ0) is 12.9. The van der Waals surface area contributed by atoms with Crippen molar-refractivity contribution in [1.82, 2.24) is 0 Å². The lowest BCUT2D eigenvalue weighted by Crippen LogP contribution is -2.34. The third-order valence-electron chi connectivity index (χ3n) is 2.34. The van der Waals surface area contributed by atoms with Crippen LogP contribution in [0.3, 0.4) is 0 Å². The van der Waals surface area contributed by atoms with Gasteiger partial charge in [-0.25, -0.2) is 8.78 Å². The molecule has 0 unspecified atom stereocenters. The van der Waals surface area contributed by atoms with E-state index in [2.05, 4.69) is 5.32 Å². The van der Waals surface area contributed by atoms with Crippen molar-refractivity contribution in [2.24, 2.45) is 0 Å². The van der Waals surface area contributed by atoms with Gasteiger partial charge in [-0.2, -0.15) is 8.78 Å². The number of rotatable bonds is 6. The first-order valence-electron chi connectivity index (χ1n) is 5.44. The van der Waals surface area contributed by atoms with Crippen molar-refractivity contribution in [3.05, 3.63) is 29.8 Å². The number of anilines is 1. The van der Waals surface area contributed by atoms with Gasteiger partial charge in [0.25, 0.3) is 0 Å². The minimum atomic E-state index is -4.00. The van der Waals surface area contributed by atoms with Crippen molar-refractivity contribution >= 4 is 5.69 Å². The zero-order valence-electron chi connectivity index (χ0n) is 9.52. The molecule has 1 N–H and O–H groups in total. The topological polar surface area (TPSA) is 12.0 Å². The fourth-order valence-corrected chi connectivity index (χ4v) is 1.37. The van der Waals surface area contributed by atoms with Crippen molar-refractivity contribution in [2.45, 2.75) is 32.1 Å². The Bertz CT molecular complexity index is 335. The summed E-state index contributed by atoms with van der Waals surface area (Å²) in [5.74, 6) is -4.00. The van der Waals surface area contributed by atoms with E-state index in [9.17, 15) is 17.6 Å². The van der Waals surface area contributed by atoms with Gasteiger partial charge in [-0.15, -0.1) is 0 Å². The molecule has 0 aliphatic heterocycles. The lowest BCUT2D eigenvalue weighted by atomic mass is 10.1. The van der Waals surface area contributed by atoms with Gasteiger partial charge in [0.2, 0.25) is 0 Å². The van der Waals surface area contributed by atoms with E-state index in [0.29, 0.717) is 5.69 Å². The molecule has 96 valence electrons. The van der Waals surface area contributed by atoms with Crippen LogP contribution in [-0.2, 0) is 6.42 Å². The summed E-state index contributed by atoms with van der Waals surface area (Å²) in [6.45, 7) is 0.979. The van der Waals surface area contributed by atoms with Gasteiger partial charge < -0.3 is 5.32 Å². The molecule has 0 aromatic heterocycles. The molecular formula is C12H15F4N. The fourth-order valence-electron chi connectivity index (χ4n) is 1.37. The van der Waals surface area contributed by atoms with Crippen LogP contribution in [-0.4, -0.2) is 18.9 Å². The Labute approximate surface area is 97.8 Å². The Balaban J connectivity index is 2.52. The summed E-state index contributed by atoms with van der Waals surface area (Å²) in [7, 11) is 0. The molecule has 0 fully saturated rings. The molecule has 0 saturated carbocycles. The largest absolute Gasteiger partial charge is 0.379 e. The highest BCUT2D eigenvalue weighted by Crippen LogP contribution is 2.23. The molecule has 1 aromatic carbocycles. The molecule has 1 nitrogen and oxygen atoms in total. The third-order valence-corrected chi connectivity index (χ3v) is 2.34. The van der Waals surface area contributed by atoms with Gasteiger partial charge >= 0.3 is 12.3 Å². The Morgan fingerprint density at radius 2 is 1.76 bits per heavy atom. The smallest absolute Gasteiger partial charge is 0.324 e. The summed E-state index contributed by atoms with van der Waals surface area (Å²) in [6.07, 6.45) is -1.74. The van der Waals surface area contributed by atoms with Gasteiger partial charge in [0.1, 0.15) is 0 Å². The van der Waals surface area contributed by atoms with Crippen molar-refractivity contribution in [1.29, 1.82) is 0 Å². The molecule has 0 spiro atoms. The Morgan fingerprint density at radius 1 is 1.18 bits per heavy atom. The van der Waals surface area contributed by atoms with Gasteiger partial charge in [0.05, 0.1) is 6.54 Å². The average Bonchev–Trinajstić information content (AvgIpc) is 2.28. The predicted octanol–water partition coefficient (Wildman–Crippen LogP) is 3.95. The molecule has 0 heterocycles. The lowest BCUT2D eigenvalue weighted by molar-refractivity contribution is -0.117. The molecule has 1 rings (SSSR count). The second-order valence-electron chi connectivity index (χ2n) is 3.86. The normalized spacial score (nSPS) is 11.9. The van der Waals surface area contributed by atoms with Crippen LogP contribution in [0.1, 0.15) is 18.9 Å². The van der Waals surface area contributed by atoms with Crippen LogP contribution in [0.4, 0.5) is 23.2 Å². The highest BCUT2D eigenvalue weighted by atomic mass is 19.3. The third kappa shape index (κ3) is 4.24. The maximum absolute atomic E-state index is 12.6. The molecule has 0 aliphatic rings. The molecular weight excluding hydrogens is 234 g/mol. The second-order valence-corrected chi connectivity index (χ2v) is 3.86. The second kappa shape index (κ2) is 5.89. The van der Waals surface area contributed by atoms with Gasteiger partial charge in [-0.3, -0.25) is 0 Å². The van der Waals surface area contributed by atoms with Crippen LogP contribution in [0.25, 0.3) is 0 Å². The van der Waals surface area contributed by atoms with Crippen LogP contribution in [0.5, 0.6) is 0 Å². The van der Waals surface area contributed by atoms with Crippen molar-refractivity contribution in [3.8, 4) is 0 Å². The SMILES string of the molecule is CCCc1ccc(NCC(F)(F)C(F)F)cc1. The minimum absolute atomic E-state index is 0.421. The maximum atomic E-state index is 12.6. The number of nitrogens with one attached hydrogen (secondary N) is 1. The summed E-state index contributed by atoms with van der Waals surface area (Å²) >= 11 is 0. The molecule has 17 heavy (non-hydrogen) atoms. The van der Waals surface area contributed by atoms with E-state index in [1.807, 2.05) is 6.92 Å². The average molecular weight is 249 g/mol. The number of halogens is 4. The molecule has 0 radical (unpaired) electrons. The summed E-state index contributed by atoms with van der Waals surface area (Å²) < 4.78 is 49.0. The maximum Gasteiger partial charge on any atom is 0.324 e. The number of hydrogen-bond acceptors (Lipinski definition) is 1. The standard InChI is InChI=1S/C12H15F4N/c1-2-3-9-4-6-10(7-5-9)17-8-12(15,16)11(13)14/h4-7,11,17H,2-3,8H2,1H3. The van der Waals surface area contributed by atoms with E-state index in [-0.39, 0.29) is 0 Å². The monoisotopic (exact) mass is 249 g/mol. The summed E-state index contributed by atoms with van der Waals surface area (Å²) in [6, 6.07) is 6.83. The number of aryl methyl sites for hydroxylation is 1. The quantitative estimate of drug-likeness (QED) is 0.753. The highest BCUT2D eigenvalue weighted by Gasteiger charge is 2.40. The first-order chi connectivity index (χ1) is 7.95. The first-order valence-corrected chi connectivity index (χ1v) is 5.44. The van der Waals surface area contributed by atoms with Crippen molar-refractivity contribution < 1.29 is 17.6 Å². The van der Waals surface area contributed by atoms with Crippen molar-refractivity contribution in [3.63, 3.8) is 0 Å². The van der Waals surface area contributed by atoms with E-state index >= 15 is 0 Å². The van der Waals surface area contributed by atoms with Gasteiger partial charge in [0.15, 0.2) is 0 Å². The first kappa shape index (κ1) is 13.8. The van der Waals surface area contributed by atoms with Gasteiger partial charge in [0, 0.05) is 5.69 Å². The minimum Gasteiger partial charge on any atom is -0.379 e. The molecule has 1 aromatic rings. The molecule has 0 atom stereocenters. The zero-order valence-corrected chi connectivity index (χ0v) is 9.52. The summed E-state index contributed by atoms with van der Waals surface area (Å²) in [4.78, 5) is 0. The Kier molecular flexibility index (Phi) is 4.78. The summed E-state index contributed by atoms with van der Waals surface area (Å²) in [5, 5.41) is 2.31. The van der Waals surface area contributed by atoms with E-state index in [1.54, 1.807) is 24.3 Å². The Hall–Kier alpha value is -1.26. The van der Waals surface area contributed by atoms with Crippen LogP contribution in [0.15, 0.2) is 24.3 Å². The molecule has 0 bridgehead atoms. The lowest BCUT2D eigenvalue weighted by Gasteiger charge is -2.16. The van der Waals surface area contributed by atoms with Crippen LogP contribution in [0.2, 0.25) is 0 Å². The Morgan fingerprint density at radius 3 is 2.24 bits per heavy atom. The van der Waals surface area contributed by atoms with Crippen LogP contribution >= 0.6 is 0 Å². The number of alkyl halides is 4. The molecule has 0 amide bonds. The van der Waals surface area contributed by atoms with Crippen LogP contribution < -0.4 is 5.32 Å². The molecule has 0 saturated heterocycles.